The quantitative estimate of drug-likeness (QED) is 0.287. The van der Waals surface area contributed by atoms with Gasteiger partial charge in [0.05, 0.1) is 13.3 Å². The van der Waals surface area contributed by atoms with Crippen LogP contribution in [-0.4, -0.2) is 19.2 Å². The van der Waals surface area contributed by atoms with Crippen LogP contribution in [0.1, 0.15) is 21.5 Å². The van der Waals surface area contributed by atoms with Crippen LogP contribution in [-0.2, 0) is 6.61 Å². The second-order valence-corrected chi connectivity index (χ2v) is 7.42. The summed E-state index contributed by atoms with van der Waals surface area (Å²) >= 11 is 6.21. The SMILES string of the molecule is COc1ccc(/C=N\NC(=O)c2cccc3ccccc23)cc1OCc1ccccc1Cl. The molecular weight excluding hydrogens is 424 g/mol. The van der Waals surface area contributed by atoms with Crippen molar-refractivity contribution in [1.82, 2.24) is 5.43 Å². The highest BCUT2D eigenvalue weighted by atomic mass is 35.5. The molecule has 4 rings (SSSR count). The van der Waals surface area contributed by atoms with E-state index in [1.165, 1.54) is 0 Å². The van der Waals surface area contributed by atoms with Crippen LogP contribution in [0.5, 0.6) is 11.5 Å². The third-order valence-electron chi connectivity index (χ3n) is 4.94. The van der Waals surface area contributed by atoms with Gasteiger partial charge in [-0.05, 0) is 46.7 Å². The van der Waals surface area contributed by atoms with Gasteiger partial charge in [0.25, 0.3) is 5.91 Å². The maximum atomic E-state index is 12.6. The molecule has 0 atom stereocenters. The summed E-state index contributed by atoms with van der Waals surface area (Å²) in [6.45, 7) is 0.300. The standard InChI is InChI=1S/C26H21ClN2O3/c1-31-24-14-13-18(15-25(24)32-17-20-8-3-5-12-23(20)27)16-28-29-26(30)22-11-6-9-19-7-2-4-10-21(19)22/h2-16H,17H2,1H3,(H,29,30)/b28-16-. The molecule has 1 amide bonds. The molecule has 32 heavy (non-hydrogen) atoms. The van der Waals surface area contributed by atoms with E-state index in [2.05, 4.69) is 10.5 Å². The Morgan fingerprint density at radius 2 is 1.75 bits per heavy atom. The van der Waals surface area contributed by atoms with Gasteiger partial charge in [0.2, 0.25) is 0 Å². The minimum Gasteiger partial charge on any atom is -0.493 e. The second kappa shape index (κ2) is 9.98. The van der Waals surface area contributed by atoms with Crippen molar-refractivity contribution in [2.75, 3.05) is 7.11 Å². The van der Waals surface area contributed by atoms with E-state index >= 15 is 0 Å². The predicted octanol–water partition coefficient (Wildman–Crippen LogP) is 5.84. The fourth-order valence-electron chi connectivity index (χ4n) is 3.31. The number of methoxy groups -OCH3 is 1. The van der Waals surface area contributed by atoms with Crippen molar-refractivity contribution in [1.29, 1.82) is 0 Å². The smallest absolute Gasteiger partial charge is 0.271 e. The van der Waals surface area contributed by atoms with Crippen molar-refractivity contribution in [3.63, 3.8) is 0 Å². The van der Waals surface area contributed by atoms with Crippen molar-refractivity contribution >= 4 is 34.5 Å². The third kappa shape index (κ3) is 4.90. The Kier molecular flexibility index (Phi) is 6.68. The van der Waals surface area contributed by atoms with Crippen LogP contribution in [0.3, 0.4) is 0 Å². The molecule has 5 nitrogen and oxygen atoms in total. The Morgan fingerprint density at radius 3 is 2.59 bits per heavy atom. The van der Waals surface area contributed by atoms with Crippen LogP contribution in [0.4, 0.5) is 0 Å². The number of carbonyl (C=O) groups excluding carboxylic acids is 1. The molecule has 160 valence electrons. The lowest BCUT2D eigenvalue weighted by molar-refractivity contribution is 0.0957. The number of hydrogen-bond donors (Lipinski definition) is 1. The molecule has 0 aliphatic carbocycles. The number of fused-ring (bicyclic) bond motifs is 1. The lowest BCUT2D eigenvalue weighted by atomic mass is 10.0. The van der Waals surface area contributed by atoms with Crippen LogP contribution in [0, 0.1) is 0 Å². The van der Waals surface area contributed by atoms with Gasteiger partial charge in [-0.1, -0.05) is 66.2 Å². The monoisotopic (exact) mass is 444 g/mol. The number of nitrogens with zero attached hydrogens (tertiary/aromatic N) is 1. The zero-order valence-corrected chi connectivity index (χ0v) is 18.2. The molecular formula is C26H21ClN2O3. The average molecular weight is 445 g/mol. The largest absolute Gasteiger partial charge is 0.493 e. The summed E-state index contributed by atoms with van der Waals surface area (Å²) < 4.78 is 11.3. The number of rotatable bonds is 7. The summed E-state index contributed by atoms with van der Waals surface area (Å²) in [7, 11) is 1.58. The Labute approximate surface area is 191 Å². The van der Waals surface area contributed by atoms with E-state index < -0.39 is 0 Å². The molecule has 0 unspecified atom stereocenters. The van der Waals surface area contributed by atoms with Gasteiger partial charge in [-0.25, -0.2) is 5.43 Å². The summed E-state index contributed by atoms with van der Waals surface area (Å²) in [6.07, 6.45) is 1.56. The normalized spacial score (nSPS) is 10.9. The van der Waals surface area contributed by atoms with E-state index in [1.807, 2.05) is 66.7 Å². The molecule has 0 spiro atoms. The summed E-state index contributed by atoms with van der Waals surface area (Å²) in [5.41, 5.74) is 4.78. The van der Waals surface area contributed by atoms with Gasteiger partial charge in [-0.2, -0.15) is 5.10 Å². The first-order valence-electron chi connectivity index (χ1n) is 10.0. The number of hydrogen-bond acceptors (Lipinski definition) is 4. The van der Waals surface area contributed by atoms with Crippen molar-refractivity contribution in [3.8, 4) is 11.5 Å². The van der Waals surface area contributed by atoms with Gasteiger partial charge in [0, 0.05) is 16.1 Å². The van der Waals surface area contributed by atoms with Crippen LogP contribution in [0.2, 0.25) is 5.02 Å². The lowest BCUT2D eigenvalue weighted by Gasteiger charge is -2.12. The molecule has 0 saturated carbocycles. The van der Waals surface area contributed by atoms with E-state index in [9.17, 15) is 4.79 Å². The molecule has 0 radical (unpaired) electrons. The molecule has 0 aliphatic rings. The van der Waals surface area contributed by atoms with Crippen molar-refractivity contribution < 1.29 is 14.3 Å². The van der Waals surface area contributed by atoms with E-state index in [4.69, 9.17) is 21.1 Å². The van der Waals surface area contributed by atoms with Gasteiger partial charge >= 0.3 is 0 Å². The van der Waals surface area contributed by atoms with Crippen molar-refractivity contribution in [3.05, 3.63) is 107 Å². The van der Waals surface area contributed by atoms with Crippen molar-refractivity contribution in [2.45, 2.75) is 6.61 Å². The molecule has 1 N–H and O–H groups in total. The third-order valence-corrected chi connectivity index (χ3v) is 5.31. The highest BCUT2D eigenvalue weighted by Gasteiger charge is 2.09. The Morgan fingerprint density at radius 1 is 0.969 bits per heavy atom. The fourth-order valence-corrected chi connectivity index (χ4v) is 3.50. The number of ether oxygens (including phenoxy) is 2. The van der Waals surface area contributed by atoms with E-state index in [0.29, 0.717) is 28.7 Å². The first-order valence-corrected chi connectivity index (χ1v) is 10.4. The number of nitrogens with one attached hydrogen (secondary N) is 1. The highest BCUT2D eigenvalue weighted by molar-refractivity contribution is 6.31. The molecule has 0 aromatic heterocycles. The Hall–Kier alpha value is -3.83. The molecule has 0 bridgehead atoms. The molecule has 4 aromatic rings. The molecule has 0 saturated heterocycles. The summed E-state index contributed by atoms with van der Waals surface area (Å²) in [6, 6.07) is 26.2. The topological polar surface area (TPSA) is 59.9 Å². The summed E-state index contributed by atoms with van der Waals surface area (Å²) in [5.74, 6) is 0.868. The van der Waals surface area contributed by atoms with Gasteiger partial charge < -0.3 is 9.47 Å². The fraction of sp³-hybridized carbons (Fsp3) is 0.0769. The van der Waals surface area contributed by atoms with Gasteiger partial charge in [-0.3, -0.25) is 4.79 Å². The van der Waals surface area contributed by atoms with Crippen LogP contribution in [0.25, 0.3) is 10.8 Å². The molecule has 0 heterocycles. The lowest BCUT2D eigenvalue weighted by Crippen LogP contribution is -2.17. The zero-order valence-electron chi connectivity index (χ0n) is 17.4. The number of amides is 1. The second-order valence-electron chi connectivity index (χ2n) is 7.02. The van der Waals surface area contributed by atoms with Crippen molar-refractivity contribution in [2.24, 2.45) is 5.10 Å². The Bertz CT molecular complexity index is 1280. The van der Waals surface area contributed by atoms with E-state index in [0.717, 1.165) is 21.9 Å². The number of benzene rings is 4. The molecule has 6 heteroatoms. The first kappa shape index (κ1) is 21.4. The van der Waals surface area contributed by atoms with Crippen LogP contribution in [0.15, 0.2) is 90.0 Å². The summed E-state index contributed by atoms with van der Waals surface area (Å²) in [4.78, 5) is 12.6. The highest BCUT2D eigenvalue weighted by Crippen LogP contribution is 2.29. The van der Waals surface area contributed by atoms with Gasteiger partial charge in [0.1, 0.15) is 6.61 Å². The first-order chi connectivity index (χ1) is 15.7. The predicted molar refractivity (Wildman–Crippen MR) is 128 cm³/mol. The molecule has 0 fully saturated rings. The number of halogens is 1. The minimum absolute atomic E-state index is 0.276. The van der Waals surface area contributed by atoms with Crippen LogP contribution >= 0.6 is 11.6 Å². The Balaban J connectivity index is 1.47. The molecule has 4 aromatic carbocycles. The maximum absolute atomic E-state index is 12.6. The van der Waals surface area contributed by atoms with E-state index in [1.54, 1.807) is 31.5 Å². The minimum atomic E-state index is -0.276. The zero-order chi connectivity index (χ0) is 22.3. The molecule has 0 aliphatic heterocycles. The summed E-state index contributed by atoms with van der Waals surface area (Å²) in [5, 5.41) is 6.63. The van der Waals surface area contributed by atoms with Gasteiger partial charge in [0.15, 0.2) is 11.5 Å². The van der Waals surface area contributed by atoms with E-state index in [-0.39, 0.29) is 5.91 Å². The average Bonchev–Trinajstić information content (AvgIpc) is 2.83. The maximum Gasteiger partial charge on any atom is 0.271 e. The number of hydrazone groups is 1. The van der Waals surface area contributed by atoms with Crippen LogP contribution < -0.4 is 14.9 Å². The van der Waals surface area contributed by atoms with Gasteiger partial charge in [-0.15, -0.1) is 0 Å². The number of carbonyl (C=O) groups is 1.